The Morgan fingerprint density at radius 1 is 0.805 bits per heavy atom. The van der Waals surface area contributed by atoms with Crippen LogP contribution in [0.2, 0.25) is 0 Å². The first-order valence-corrected chi connectivity index (χ1v) is 16.8. The minimum Gasteiger partial charge on any atom is -0.344 e. The van der Waals surface area contributed by atoms with Crippen molar-refractivity contribution in [3.8, 4) is 0 Å². The van der Waals surface area contributed by atoms with Crippen LogP contribution in [0.5, 0.6) is 0 Å². The third kappa shape index (κ3) is 7.07. The molecule has 1 aromatic carbocycles. The molecule has 2 aliphatic heterocycles. The topological polar surface area (TPSA) is 6.25 Å². The van der Waals surface area contributed by atoms with Gasteiger partial charge in [0.05, 0.1) is 5.41 Å². The average molecular weight is 554 g/mol. The summed E-state index contributed by atoms with van der Waals surface area (Å²) in [5, 5.41) is 0. The SMILES string of the molecule is CCCCCCCN1C(=CC=CC=CC2=[N+](CCCCCCC)c3ccccc3C2(C)C)C(C)(C)C2=C1C=CCC2. The lowest BCUT2D eigenvalue weighted by molar-refractivity contribution is -0.438. The molecule has 0 bridgehead atoms. The molecule has 2 heteroatoms. The molecule has 2 heterocycles. The number of hydrogen-bond donors (Lipinski definition) is 0. The van der Waals surface area contributed by atoms with Gasteiger partial charge in [-0.15, -0.1) is 0 Å². The van der Waals surface area contributed by atoms with Crippen molar-refractivity contribution in [3.05, 3.63) is 89.3 Å². The first kappa shape index (κ1) is 31.3. The second kappa shape index (κ2) is 14.5. The van der Waals surface area contributed by atoms with E-state index in [-0.39, 0.29) is 10.8 Å². The molecule has 3 aliphatic rings. The summed E-state index contributed by atoms with van der Waals surface area (Å²) in [5.41, 5.74) is 8.93. The molecule has 0 spiro atoms. The molecule has 0 aromatic heterocycles. The van der Waals surface area contributed by atoms with Crippen LogP contribution >= 0.6 is 0 Å². The van der Waals surface area contributed by atoms with Crippen LogP contribution in [0, 0.1) is 5.41 Å². The molecule has 1 aromatic rings. The number of rotatable bonds is 15. The summed E-state index contributed by atoms with van der Waals surface area (Å²) in [7, 11) is 0. The molecule has 0 unspecified atom stereocenters. The normalized spacial score (nSPS) is 20.3. The Morgan fingerprint density at radius 2 is 1.51 bits per heavy atom. The maximum atomic E-state index is 2.64. The van der Waals surface area contributed by atoms with Crippen LogP contribution in [-0.4, -0.2) is 28.3 Å². The largest absolute Gasteiger partial charge is 0.344 e. The summed E-state index contributed by atoms with van der Waals surface area (Å²) < 4.78 is 2.59. The number of fused-ring (bicyclic) bond motifs is 1. The smallest absolute Gasteiger partial charge is 0.209 e. The number of para-hydroxylation sites is 1. The number of hydrogen-bond acceptors (Lipinski definition) is 1. The van der Waals surface area contributed by atoms with E-state index in [1.54, 1.807) is 5.57 Å². The van der Waals surface area contributed by atoms with E-state index >= 15 is 0 Å². The molecular weight excluding hydrogens is 496 g/mol. The van der Waals surface area contributed by atoms with Crippen molar-refractivity contribution in [1.82, 2.24) is 4.90 Å². The molecule has 0 radical (unpaired) electrons. The zero-order chi connectivity index (χ0) is 29.3. The summed E-state index contributed by atoms with van der Waals surface area (Å²) >= 11 is 0. The Hall–Kier alpha value is -2.61. The van der Waals surface area contributed by atoms with Gasteiger partial charge in [-0.2, -0.15) is 4.58 Å². The fraction of sp³-hybridized carbons (Fsp3) is 0.564. The van der Waals surface area contributed by atoms with Crippen LogP contribution in [0.1, 0.15) is 124 Å². The van der Waals surface area contributed by atoms with Crippen LogP contribution < -0.4 is 0 Å². The van der Waals surface area contributed by atoms with Gasteiger partial charge in [-0.1, -0.05) is 115 Å². The highest BCUT2D eigenvalue weighted by Gasteiger charge is 2.44. The third-order valence-corrected chi connectivity index (χ3v) is 9.62. The predicted molar refractivity (Wildman–Crippen MR) is 179 cm³/mol. The van der Waals surface area contributed by atoms with Crippen LogP contribution in [0.25, 0.3) is 0 Å². The third-order valence-electron chi connectivity index (χ3n) is 9.62. The number of unbranched alkanes of at least 4 members (excludes halogenated alkanes) is 8. The second-order valence-electron chi connectivity index (χ2n) is 13.4. The average Bonchev–Trinajstić information content (AvgIpc) is 3.31. The lowest BCUT2D eigenvalue weighted by atomic mass is 9.79. The number of allylic oxidation sites excluding steroid dienone is 8. The minimum absolute atomic E-state index is 0.0140. The summed E-state index contributed by atoms with van der Waals surface area (Å²) in [4.78, 5) is 2.64. The van der Waals surface area contributed by atoms with Crippen molar-refractivity contribution in [3.63, 3.8) is 0 Å². The molecule has 0 atom stereocenters. The first-order chi connectivity index (χ1) is 19.8. The van der Waals surface area contributed by atoms with Gasteiger partial charge in [0.15, 0.2) is 5.71 Å². The summed E-state index contributed by atoms with van der Waals surface area (Å²) in [5.74, 6) is 0. The number of benzene rings is 1. The lowest BCUT2D eigenvalue weighted by Gasteiger charge is -2.29. The second-order valence-corrected chi connectivity index (χ2v) is 13.4. The minimum atomic E-state index is 0.0140. The van der Waals surface area contributed by atoms with E-state index in [2.05, 4.69) is 118 Å². The Labute approximate surface area is 252 Å². The van der Waals surface area contributed by atoms with Crippen LogP contribution in [-0.2, 0) is 5.41 Å². The van der Waals surface area contributed by atoms with Crippen molar-refractivity contribution >= 4 is 11.4 Å². The van der Waals surface area contributed by atoms with Gasteiger partial charge in [0.2, 0.25) is 5.69 Å². The van der Waals surface area contributed by atoms with Crippen LogP contribution in [0.4, 0.5) is 5.69 Å². The molecular formula is C39H57N2+. The number of nitrogens with zero attached hydrogens (tertiary/aromatic N) is 2. The monoisotopic (exact) mass is 553 g/mol. The van der Waals surface area contributed by atoms with E-state index in [9.17, 15) is 0 Å². The maximum Gasteiger partial charge on any atom is 0.209 e. The molecule has 0 N–H and O–H groups in total. The first-order valence-electron chi connectivity index (χ1n) is 16.8. The van der Waals surface area contributed by atoms with Gasteiger partial charge in [0.25, 0.3) is 0 Å². The summed E-state index contributed by atoms with van der Waals surface area (Å²) in [6.07, 6.45) is 31.9. The van der Waals surface area contributed by atoms with Crippen molar-refractivity contribution in [2.75, 3.05) is 13.1 Å². The summed E-state index contributed by atoms with van der Waals surface area (Å²) in [6, 6.07) is 9.02. The molecule has 0 fully saturated rings. The van der Waals surface area contributed by atoms with Crippen molar-refractivity contribution < 1.29 is 4.58 Å². The molecule has 41 heavy (non-hydrogen) atoms. The van der Waals surface area contributed by atoms with Gasteiger partial charge in [-0.05, 0) is 57.3 Å². The van der Waals surface area contributed by atoms with Crippen molar-refractivity contribution in [2.45, 2.75) is 124 Å². The zero-order valence-electron chi connectivity index (χ0n) is 27.1. The van der Waals surface area contributed by atoms with E-state index in [0.29, 0.717) is 0 Å². The Balaban J connectivity index is 1.52. The summed E-state index contributed by atoms with van der Waals surface area (Å²) in [6.45, 7) is 16.5. The molecule has 0 saturated carbocycles. The van der Waals surface area contributed by atoms with E-state index < -0.39 is 0 Å². The maximum absolute atomic E-state index is 2.64. The van der Waals surface area contributed by atoms with Gasteiger partial charge < -0.3 is 4.90 Å². The van der Waals surface area contributed by atoms with E-state index in [1.165, 1.54) is 105 Å². The van der Waals surface area contributed by atoms with Crippen LogP contribution in [0.15, 0.2) is 83.8 Å². The predicted octanol–water partition coefficient (Wildman–Crippen LogP) is 10.9. The van der Waals surface area contributed by atoms with Gasteiger partial charge in [-0.25, -0.2) is 0 Å². The Bertz CT molecular complexity index is 1210. The molecule has 4 rings (SSSR count). The van der Waals surface area contributed by atoms with Gasteiger partial charge >= 0.3 is 0 Å². The highest BCUT2D eigenvalue weighted by atomic mass is 15.2. The Morgan fingerprint density at radius 3 is 2.27 bits per heavy atom. The van der Waals surface area contributed by atoms with Crippen molar-refractivity contribution in [1.29, 1.82) is 0 Å². The standard InChI is InChI=1S/C39H57N2/c1-7-9-11-13-22-30-40-34-26-20-18-24-32(34)38(3,4)36(40)28-16-15-17-29-37-39(5,6)33-25-19-21-27-35(33)41(37)31-23-14-12-10-8-2/h15-18,20-21,24,26-29H,7-14,19,22-23,25,30-31H2,1-6H3/q+1. The molecule has 0 amide bonds. The highest BCUT2D eigenvalue weighted by Crippen LogP contribution is 2.50. The van der Waals surface area contributed by atoms with Gasteiger partial charge in [0.1, 0.15) is 6.54 Å². The molecule has 222 valence electrons. The van der Waals surface area contributed by atoms with E-state index in [0.717, 1.165) is 13.1 Å². The van der Waals surface area contributed by atoms with E-state index in [1.807, 2.05) is 0 Å². The quantitative estimate of drug-likeness (QED) is 0.119. The zero-order valence-corrected chi connectivity index (χ0v) is 27.1. The lowest BCUT2D eigenvalue weighted by Crippen LogP contribution is -2.27. The fourth-order valence-electron chi connectivity index (χ4n) is 7.18. The Kier molecular flexibility index (Phi) is 11.1. The van der Waals surface area contributed by atoms with Crippen molar-refractivity contribution in [2.24, 2.45) is 5.41 Å². The fourth-order valence-corrected chi connectivity index (χ4v) is 7.18. The molecule has 2 nitrogen and oxygen atoms in total. The van der Waals surface area contributed by atoms with Crippen LogP contribution in [0.3, 0.4) is 0 Å². The van der Waals surface area contributed by atoms with Gasteiger partial charge in [0, 0.05) is 47.5 Å². The van der Waals surface area contributed by atoms with E-state index in [4.69, 9.17) is 0 Å². The highest BCUT2D eigenvalue weighted by molar-refractivity contribution is 6.03. The molecule has 1 aliphatic carbocycles. The van der Waals surface area contributed by atoms with Gasteiger partial charge in [-0.3, -0.25) is 0 Å². The molecule has 0 saturated heterocycles.